The minimum absolute atomic E-state index is 0.275. The van der Waals surface area contributed by atoms with Gasteiger partial charge in [-0.05, 0) is 30.7 Å². The van der Waals surface area contributed by atoms with Crippen LogP contribution < -0.4 is 4.74 Å². The van der Waals surface area contributed by atoms with Gasteiger partial charge in [-0.3, -0.25) is 0 Å². The summed E-state index contributed by atoms with van der Waals surface area (Å²) in [6.45, 7) is 1.95. The molecule has 0 aliphatic rings. The topological polar surface area (TPSA) is 53.2 Å². The van der Waals surface area contributed by atoms with Crippen LogP contribution in [0, 0.1) is 11.3 Å². The second kappa shape index (κ2) is 6.42. The summed E-state index contributed by atoms with van der Waals surface area (Å²) in [5.41, 5.74) is 2.13. The first kappa shape index (κ1) is 14.4. The van der Waals surface area contributed by atoms with Crippen molar-refractivity contribution in [1.29, 1.82) is 5.26 Å². The predicted molar refractivity (Wildman–Crippen MR) is 77.6 cm³/mol. The number of ether oxygens (including phenoxy) is 1. The summed E-state index contributed by atoms with van der Waals surface area (Å²) in [5, 5.41) is 18.9. The Labute approximate surface area is 123 Å². The molecule has 4 heteroatoms. The summed E-state index contributed by atoms with van der Waals surface area (Å²) < 4.78 is 5.64. The molecular weight excluding hydrogens is 274 g/mol. The van der Waals surface area contributed by atoms with Gasteiger partial charge < -0.3 is 9.84 Å². The molecule has 0 heterocycles. The van der Waals surface area contributed by atoms with E-state index in [1.807, 2.05) is 18.2 Å². The zero-order valence-electron chi connectivity index (χ0n) is 11.0. The van der Waals surface area contributed by atoms with Crippen LogP contribution in [0.15, 0.2) is 42.5 Å². The summed E-state index contributed by atoms with van der Waals surface area (Å²) in [7, 11) is 0. The van der Waals surface area contributed by atoms with Crippen LogP contribution in [0.4, 0.5) is 0 Å². The SMILES string of the molecule is CC(O)c1ccc(OCc2ccccc2C#N)c(Cl)c1. The fourth-order valence-corrected chi connectivity index (χ4v) is 2.05. The van der Waals surface area contributed by atoms with E-state index in [1.54, 1.807) is 31.2 Å². The van der Waals surface area contributed by atoms with Crippen molar-refractivity contribution < 1.29 is 9.84 Å². The van der Waals surface area contributed by atoms with E-state index in [0.29, 0.717) is 16.3 Å². The second-order valence-electron chi connectivity index (χ2n) is 4.42. The van der Waals surface area contributed by atoms with E-state index in [-0.39, 0.29) is 6.61 Å². The number of hydrogen-bond acceptors (Lipinski definition) is 3. The van der Waals surface area contributed by atoms with Gasteiger partial charge in [-0.1, -0.05) is 35.9 Å². The van der Waals surface area contributed by atoms with Gasteiger partial charge in [0.05, 0.1) is 22.8 Å². The Bertz CT molecular complexity index is 647. The number of halogens is 1. The van der Waals surface area contributed by atoms with Crippen LogP contribution in [-0.2, 0) is 6.61 Å². The number of hydrogen-bond donors (Lipinski definition) is 1. The lowest BCUT2D eigenvalue weighted by molar-refractivity contribution is 0.199. The van der Waals surface area contributed by atoms with Crippen LogP contribution in [0.25, 0.3) is 0 Å². The molecule has 0 amide bonds. The Morgan fingerprint density at radius 3 is 2.70 bits per heavy atom. The first-order valence-corrected chi connectivity index (χ1v) is 6.58. The number of benzene rings is 2. The van der Waals surface area contributed by atoms with Crippen LogP contribution in [0.3, 0.4) is 0 Å². The smallest absolute Gasteiger partial charge is 0.138 e. The maximum atomic E-state index is 9.48. The molecule has 0 spiro atoms. The summed E-state index contributed by atoms with van der Waals surface area (Å²) in [5.74, 6) is 0.531. The maximum absolute atomic E-state index is 9.48. The molecule has 20 heavy (non-hydrogen) atoms. The molecule has 0 aromatic heterocycles. The van der Waals surface area contributed by atoms with E-state index >= 15 is 0 Å². The normalized spacial score (nSPS) is 11.7. The van der Waals surface area contributed by atoms with E-state index < -0.39 is 6.10 Å². The molecule has 0 aliphatic heterocycles. The largest absolute Gasteiger partial charge is 0.487 e. The van der Waals surface area contributed by atoms with E-state index in [2.05, 4.69) is 6.07 Å². The highest BCUT2D eigenvalue weighted by Gasteiger charge is 2.08. The molecule has 0 fully saturated rings. The van der Waals surface area contributed by atoms with Crippen molar-refractivity contribution >= 4 is 11.6 Å². The lowest BCUT2D eigenvalue weighted by Crippen LogP contribution is -1.99. The molecule has 3 nitrogen and oxygen atoms in total. The summed E-state index contributed by atoms with van der Waals surface area (Å²) in [4.78, 5) is 0. The number of aliphatic hydroxyl groups is 1. The maximum Gasteiger partial charge on any atom is 0.138 e. The monoisotopic (exact) mass is 287 g/mol. The van der Waals surface area contributed by atoms with Crippen molar-refractivity contribution in [3.8, 4) is 11.8 Å². The van der Waals surface area contributed by atoms with E-state index in [0.717, 1.165) is 11.1 Å². The van der Waals surface area contributed by atoms with Crippen LogP contribution in [0.2, 0.25) is 5.02 Å². The lowest BCUT2D eigenvalue weighted by atomic mass is 10.1. The molecule has 1 atom stereocenters. The second-order valence-corrected chi connectivity index (χ2v) is 4.83. The number of aliphatic hydroxyl groups excluding tert-OH is 1. The van der Waals surface area contributed by atoms with Crippen LogP contribution in [0.5, 0.6) is 5.75 Å². The van der Waals surface area contributed by atoms with Crippen molar-refractivity contribution in [3.05, 3.63) is 64.2 Å². The number of nitriles is 1. The third-order valence-corrected chi connectivity index (χ3v) is 3.25. The van der Waals surface area contributed by atoms with Crippen molar-refractivity contribution in [2.24, 2.45) is 0 Å². The van der Waals surface area contributed by atoms with Crippen molar-refractivity contribution in [1.82, 2.24) is 0 Å². The predicted octanol–water partition coefficient (Wildman–Crippen LogP) is 3.84. The molecule has 0 radical (unpaired) electrons. The van der Waals surface area contributed by atoms with Crippen LogP contribution in [0.1, 0.15) is 29.7 Å². The molecule has 2 rings (SSSR count). The fourth-order valence-electron chi connectivity index (χ4n) is 1.80. The van der Waals surface area contributed by atoms with Gasteiger partial charge in [-0.2, -0.15) is 5.26 Å². The van der Waals surface area contributed by atoms with Crippen LogP contribution >= 0.6 is 11.6 Å². The van der Waals surface area contributed by atoms with Gasteiger partial charge in [-0.25, -0.2) is 0 Å². The fraction of sp³-hybridized carbons (Fsp3) is 0.188. The average Bonchev–Trinajstić information content (AvgIpc) is 2.46. The quantitative estimate of drug-likeness (QED) is 0.929. The van der Waals surface area contributed by atoms with Crippen molar-refractivity contribution in [2.75, 3.05) is 0 Å². The average molecular weight is 288 g/mol. The van der Waals surface area contributed by atoms with E-state index in [9.17, 15) is 5.11 Å². The van der Waals surface area contributed by atoms with Gasteiger partial charge in [0.2, 0.25) is 0 Å². The first-order chi connectivity index (χ1) is 9.61. The number of rotatable bonds is 4. The summed E-state index contributed by atoms with van der Waals surface area (Å²) in [6, 6.07) is 14.6. The highest BCUT2D eigenvalue weighted by Crippen LogP contribution is 2.28. The van der Waals surface area contributed by atoms with Crippen molar-refractivity contribution in [3.63, 3.8) is 0 Å². The minimum atomic E-state index is -0.569. The van der Waals surface area contributed by atoms with Gasteiger partial charge in [0.25, 0.3) is 0 Å². The molecule has 0 bridgehead atoms. The van der Waals surface area contributed by atoms with Gasteiger partial charge in [0.1, 0.15) is 12.4 Å². The molecule has 1 N–H and O–H groups in total. The zero-order chi connectivity index (χ0) is 14.5. The van der Waals surface area contributed by atoms with Crippen molar-refractivity contribution in [2.45, 2.75) is 19.6 Å². The Hall–Kier alpha value is -2.02. The first-order valence-electron chi connectivity index (χ1n) is 6.20. The molecule has 102 valence electrons. The standard InChI is InChI=1S/C16H14ClNO2/c1-11(19)12-6-7-16(15(17)8-12)20-10-14-5-3-2-4-13(14)9-18/h2-8,11,19H,10H2,1H3. The Morgan fingerprint density at radius 2 is 2.05 bits per heavy atom. The molecule has 0 saturated carbocycles. The van der Waals surface area contributed by atoms with E-state index in [1.165, 1.54) is 0 Å². The Balaban J connectivity index is 2.14. The highest BCUT2D eigenvalue weighted by atomic mass is 35.5. The van der Waals surface area contributed by atoms with Gasteiger partial charge >= 0.3 is 0 Å². The molecule has 1 unspecified atom stereocenters. The summed E-state index contributed by atoms with van der Waals surface area (Å²) >= 11 is 6.11. The molecule has 2 aromatic carbocycles. The third kappa shape index (κ3) is 3.30. The molecule has 0 aliphatic carbocycles. The summed E-state index contributed by atoms with van der Waals surface area (Å²) in [6.07, 6.45) is -0.569. The molecule has 2 aromatic rings. The van der Waals surface area contributed by atoms with Crippen LogP contribution in [-0.4, -0.2) is 5.11 Å². The van der Waals surface area contributed by atoms with Gasteiger partial charge in [0.15, 0.2) is 0 Å². The zero-order valence-corrected chi connectivity index (χ0v) is 11.8. The molecular formula is C16H14ClNO2. The highest BCUT2D eigenvalue weighted by molar-refractivity contribution is 6.32. The minimum Gasteiger partial charge on any atom is -0.487 e. The lowest BCUT2D eigenvalue weighted by Gasteiger charge is -2.11. The van der Waals surface area contributed by atoms with Gasteiger partial charge in [0, 0.05) is 5.56 Å². The number of nitrogens with zero attached hydrogens (tertiary/aromatic N) is 1. The Kier molecular flexibility index (Phi) is 4.62. The van der Waals surface area contributed by atoms with Gasteiger partial charge in [-0.15, -0.1) is 0 Å². The van der Waals surface area contributed by atoms with E-state index in [4.69, 9.17) is 21.6 Å². The third-order valence-electron chi connectivity index (χ3n) is 2.96. The molecule has 0 saturated heterocycles. The Morgan fingerprint density at radius 1 is 1.30 bits per heavy atom.